The van der Waals surface area contributed by atoms with E-state index < -0.39 is 0 Å². The molecule has 3 aromatic rings. The summed E-state index contributed by atoms with van der Waals surface area (Å²) in [7, 11) is 0. The summed E-state index contributed by atoms with van der Waals surface area (Å²) in [5, 5.41) is 3.28. The van der Waals surface area contributed by atoms with Gasteiger partial charge in [0.15, 0.2) is 0 Å². The molecule has 0 aliphatic heterocycles. The van der Waals surface area contributed by atoms with Gasteiger partial charge in [-0.3, -0.25) is 4.79 Å². The van der Waals surface area contributed by atoms with Crippen molar-refractivity contribution in [2.45, 2.75) is 77.3 Å². The molecule has 0 bridgehead atoms. The monoisotopic (exact) mass is 465 g/mol. The molecule has 2 aromatic carbocycles. The zero-order valence-electron chi connectivity index (χ0n) is 20.3. The minimum Gasteiger partial charge on any atom is -0.342 e. The van der Waals surface area contributed by atoms with Gasteiger partial charge in [0.05, 0.1) is 17.1 Å². The Hall–Kier alpha value is -2.27. The number of carbonyl (C=O) groups is 1. The first-order chi connectivity index (χ1) is 16.2. The second kappa shape index (κ2) is 14.1. The van der Waals surface area contributed by atoms with Crippen molar-refractivity contribution in [1.82, 2.24) is 14.9 Å². The number of nitrogens with zero attached hydrogens (tertiary/aromatic N) is 2. The zero-order chi connectivity index (χ0) is 23.3. The number of rotatable bonds is 15. The zero-order valence-corrected chi connectivity index (χ0v) is 21.1. The average Bonchev–Trinajstić information content (AvgIpc) is 3.22. The van der Waals surface area contributed by atoms with Crippen LogP contribution >= 0.6 is 11.8 Å². The highest BCUT2D eigenvalue weighted by Gasteiger charge is 2.22. The van der Waals surface area contributed by atoms with E-state index in [1.54, 1.807) is 11.8 Å². The Morgan fingerprint density at radius 2 is 1.61 bits per heavy atom. The van der Waals surface area contributed by atoms with Crippen LogP contribution in [0.3, 0.4) is 0 Å². The smallest absolute Gasteiger partial charge is 0.251 e. The Morgan fingerprint density at radius 1 is 0.939 bits per heavy atom. The molecule has 0 radical (unpaired) electrons. The van der Waals surface area contributed by atoms with Gasteiger partial charge in [-0.05, 0) is 49.1 Å². The molecule has 33 heavy (non-hydrogen) atoms. The number of benzene rings is 2. The lowest BCUT2D eigenvalue weighted by atomic mass is 10.1. The van der Waals surface area contributed by atoms with Crippen LogP contribution in [-0.2, 0) is 6.54 Å². The SMILES string of the molecule is CCCCCCCCCCn1c(C(CCSC)NC(=O)c2ccccc2)nc2ccccc21. The van der Waals surface area contributed by atoms with Gasteiger partial charge in [0.2, 0.25) is 0 Å². The molecule has 178 valence electrons. The predicted molar refractivity (Wildman–Crippen MR) is 142 cm³/mol. The Kier molecular flexibility index (Phi) is 10.8. The summed E-state index contributed by atoms with van der Waals surface area (Å²) in [4.78, 5) is 18.0. The van der Waals surface area contributed by atoms with Crippen molar-refractivity contribution in [2.75, 3.05) is 12.0 Å². The summed E-state index contributed by atoms with van der Waals surface area (Å²) in [6.45, 7) is 3.21. The molecule has 1 amide bonds. The number of amides is 1. The quantitative estimate of drug-likeness (QED) is 0.238. The maximum Gasteiger partial charge on any atom is 0.251 e. The summed E-state index contributed by atoms with van der Waals surface area (Å²) in [5.41, 5.74) is 2.87. The fraction of sp³-hybridized carbons (Fsp3) is 0.500. The minimum absolute atomic E-state index is 0.0348. The molecule has 0 aliphatic carbocycles. The number of nitrogens with one attached hydrogen (secondary N) is 1. The second-order valence-corrected chi connectivity index (χ2v) is 9.74. The van der Waals surface area contributed by atoms with Crippen molar-refractivity contribution in [3.8, 4) is 0 Å². The number of carbonyl (C=O) groups excluding carboxylic acids is 1. The van der Waals surface area contributed by atoms with Crippen molar-refractivity contribution < 1.29 is 4.79 Å². The van der Waals surface area contributed by atoms with Crippen molar-refractivity contribution in [2.24, 2.45) is 0 Å². The van der Waals surface area contributed by atoms with Crippen LogP contribution in [0.1, 0.15) is 86.9 Å². The molecule has 1 heterocycles. The number of unbranched alkanes of at least 4 members (excludes halogenated alkanes) is 7. The van der Waals surface area contributed by atoms with E-state index in [0.717, 1.165) is 36.5 Å². The Morgan fingerprint density at radius 3 is 2.33 bits per heavy atom. The molecule has 0 fully saturated rings. The lowest BCUT2D eigenvalue weighted by Crippen LogP contribution is -2.31. The summed E-state index contributed by atoms with van der Waals surface area (Å²) in [6.07, 6.45) is 13.4. The topological polar surface area (TPSA) is 46.9 Å². The third-order valence-corrected chi connectivity index (χ3v) is 6.83. The van der Waals surface area contributed by atoms with Gasteiger partial charge in [0.1, 0.15) is 5.82 Å². The predicted octanol–water partition coefficient (Wildman–Crippen LogP) is 7.40. The van der Waals surface area contributed by atoms with Gasteiger partial charge in [0.25, 0.3) is 5.91 Å². The van der Waals surface area contributed by atoms with Crippen LogP contribution in [-0.4, -0.2) is 27.5 Å². The van der Waals surface area contributed by atoms with E-state index in [0.29, 0.717) is 5.56 Å². The number of fused-ring (bicyclic) bond motifs is 1. The molecular formula is C28H39N3OS. The third kappa shape index (κ3) is 7.63. The molecule has 0 saturated heterocycles. The standard InChI is InChI=1S/C28H39N3OS/c1-3-4-5-6-7-8-9-15-21-31-26-19-14-13-18-24(26)29-27(31)25(20-22-33-2)30-28(32)23-16-11-10-12-17-23/h10-14,16-19,25H,3-9,15,20-22H2,1-2H3,(H,30,32). The molecule has 1 unspecified atom stereocenters. The van der Waals surface area contributed by atoms with Crippen LogP contribution in [0.25, 0.3) is 11.0 Å². The minimum atomic E-state index is -0.105. The van der Waals surface area contributed by atoms with Crippen LogP contribution in [0.15, 0.2) is 54.6 Å². The van der Waals surface area contributed by atoms with Crippen LogP contribution in [0.2, 0.25) is 0 Å². The highest BCUT2D eigenvalue weighted by Crippen LogP contribution is 2.25. The van der Waals surface area contributed by atoms with E-state index in [-0.39, 0.29) is 11.9 Å². The molecule has 5 heteroatoms. The van der Waals surface area contributed by atoms with Gasteiger partial charge in [-0.2, -0.15) is 11.8 Å². The summed E-state index contributed by atoms with van der Waals surface area (Å²) in [6, 6.07) is 17.7. The van der Waals surface area contributed by atoms with Crippen LogP contribution in [0.5, 0.6) is 0 Å². The molecule has 0 spiro atoms. The summed E-state index contributed by atoms with van der Waals surface area (Å²) >= 11 is 1.80. The lowest BCUT2D eigenvalue weighted by Gasteiger charge is -2.20. The van der Waals surface area contributed by atoms with E-state index in [9.17, 15) is 4.79 Å². The van der Waals surface area contributed by atoms with E-state index in [2.05, 4.69) is 41.3 Å². The normalized spacial score (nSPS) is 12.2. The van der Waals surface area contributed by atoms with Crippen molar-refractivity contribution >= 4 is 28.7 Å². The fourth-order valence-corrected chi connectivity index (χ4v) is 4.80. The van der Waals surface area contributed by atoms with Gasteiger partial charge >= 0.3 is 0 Å². The number of hydrogen-bond acceptors (Lipinski definition) is 3. The number of para-hydroxylation sites is 2. The fourth-order valence-electron chi connectivity index (χ4n) is 4.33. The summed E-state index contributed by atoms with van der Waals surface area (Å²) in [5.74, 6) is 1.92. The summed E-state index contributed by atoms with van der Waals surface area (Å²) < 4.78 is 2.35. The first-order valence-electron chi connectivity index (χ1n) is 12.5. The number of aromatic nitrogens is 2. The maximum atomic E-state index is 13.0. The highest BCUT2D eigenvalue weighted by atomic mass is 32.2. The Bertz CT molecular complexity index is 970. The lowest BCUT2D eigenvalue weighted by molar-refractivity contribution is 0.0933. The van der Waals surface area contributed by atoms with Gasteiger partial charge in [-0.1, -0.05) is 82.2 Å². The average molecular weight is 466 g/mol. The van der Waals surface area contributed by atoms with E-state index in [1.165, 1.54) is 50.5 Å². The number of imidazole rings is 1. The van der Waals surface area contributed by atoms with Gasteiger partial charge in [-0.25, -0.2) is 4.98 Å². The van der Waals surface area contributed by atoms with Crippen molar-refractivity contribution in [1.29, 1.82) is 0 Å². The largest absolute Gasteiger partial charge is 0.342 e. The molecular weight excluding hydrogens is 426 g/mol. The molecule has 1 aromatic heterocycles. The maximum absolute atomic E-state index is 13.0. The number of thioether (sulfide) groups is 1. The molecule has 1 atom stereocenters. The highest BCUT2D eigenvalue weighted by molar-refractivity contribution is 7.98. The number of hydrogen-bond donors (Lipinski definition) is 1. The van der Waals surface area contributed by atoms with Crippen LogP contribution in [0, 0.1) is 0 Å². The third-order valence-electron chi connectivity index (χ3n) is 6.18. The van der Waals surface area contributed by atoms with E-state index >= 15 is 0 Å². The van der Waals surface area contributed by atoms with Crippen molar-refractivity contribution in [3.05, 3.63) is 66.0 Å². The van der Waals surface area contributed by atoms with Gasteiger partial charge in [0, 0.05) is 12.1 Å². The second-order valence-electron chi connectivity index (χ2n) is 8.76. The molecule has 1 N–H and O–H groups in total. The molecule has 3 rings (SSSR count). The first-order valence-corrected chi connectivity index (χ1v) is 13.9. The molecule has 4 nitrogen and oxygen atoms in total. The Balaban J connectivity index is 1.73. The Labute approximate surface area is 203 Å². The first kappa shape index (κ1) is 25.4. The van der Waals surface area contributed by atoms with E-state index in [4.69, 9.17) is 4.98 Å². The van der Waals surface area contributed by atoms with Gasteiger partial charge in [-0.15, -0.1) is 0 Å². The van der Waals surface area contributed by atoms with Crippen LogP contribution in [0.4, 0.5) is 0 Å². The van der Waals surface area contributed by atoms with Crippen molar-refractivity contribution in [3.63, 3.8) is 0 Å². The number of aryl methyl sites for hydroxylation is 1. The molecule has 0 aliphatic rings. The van der Waals surface area contributed by atoms with E-state index in [1.807, 2.05) is 36.4 Å². The van der Waals surface area contributed by atoms with Crippen LogP contribution < -0.4 is 5.32 Å². The molecule has 0 saturated carbocycles. The van der Waals surface area contributed by atoms with Gasteiger partial charge < -0.3 is 9.88 Å².